The number of aliphatic carboxylic acids is 1. The number of nitrogens with one attached hydrogen (secondary N) is 2. The Morgan fingerprint density at radius 1 is 1.02 bits per heavy atom. The second-order valence-electron chi connectivity index (χ2n) is 17.6. The number of alkyl carbamates (subject to hydrolysis) is 1. The van der Waals surface area contributed by atoms with Gasteiger partial charge in [-0.05, 0) is 61.0 Å². The van der Waals surface area contributed by atoms with Crippen LogP contribution >= 0.6 is 11.6 Å². The molecule has 0 bridgehead atoms. The zero-order valence-corrected chi connectivity index (χ0v) is 35.4. The standard InChI is InChI=1S/C42H58ClN5O11/c1-6-26-22-42(26,39(51)52)46-37(49)30-20-28(23-48(30)38(50)36(41(2,3)4)45-40(53)59-27-18-24-17-25(24)19-27)58-32-21-33(57-16-15-54-5)44-35-29(32)7-8-31(34(35)43)56-14-11-47-9-12-55-13-10-47/h7-8,21,24-28,30,36H,6,9-20,22-23H2,1-5H3,(H,45,53)(H,46,49)(H,51,52)/t24-,25+,26-,27+,28-,30+,36-,42-/m1/s1. The van der Waals surface area contributed by atoms with Gasteiger partial charge in [0, 0.05) is 44.6 Å². The molecule has 5 fully saturated rings. The van der Waals surface area contributed by atoms with Gasteiger partial charge in [0.05, 0.1) is 26.4 Å². The lowest BCUT2D eigenvalue weighted by molar-refractivity contribution is -0.146. The van der Waals surface area contributed by atoms with E-state index in [-0.39, 0.29) is 42.5 Å². The van der Waals surface area contributed by atoms with E-state index >= 15 is 0 Å². The summed E-state index contributed by atoms with van der Waals surface area (Å²) >= 11 is 6.96. The van der Waals surface area contributed by atoms with Gasteiger partial charge in [0.2, 0.25) is 17.7 Å². The fourth-order valence-corrected chi connectivity index (χ4v) is 9.09. The minimum Gasteiger partial charge on any atom is -0.491 e. The Labute approximate surface area is 349 Å². The number of carboxylic acid groups (broad SMARTS) is 1. The van der Waals surface area contributed by atoms with E-state index in [1.54, 1.807) is 25.3 Å². The lowest BCUT2D eigenvalue weighted by Gasteiger charge is -2.35. The fourth-order valence-electron chi connectivity index (χ4n) is 8.83. The number of ether oxygens (including phenoxy) is 6. The molecule has 59 heavy (non-hydrogen) atoms. The summed E-state index contributed by atoms with van der Waals surface area (Å²) in [6, 6.07) is 3.00. The number of methoxy groups -OCH3 is 1. The predicted octanol–water partition coefficient (Wildman–Crippen LogP) is 4.28. The molecule has 3 N–H and O–H groups in total. The van der Waals surface area contributed by atoms with E-state index < -0.39 is 53.0 Å². The van der Waals surface area contributed by atoms with E-state index in [2.05, 4.69) is 15.5 Å². The fraction of sp³-hybridized carbons (Fsp3) is 0.690. The minimum atomic E-state index is -1.42. The van der Waals surface area contributed by atoms with Crippen LogP contribution in [-0.4, -0.2) is 140 Å². The number of benzene rings is 1. The monoisotopic (exact) mass is 843 g/mol. The number of likely N-dealkylation sites (tertiary alicyclic amines) is 1. The molecule has 0 radical (unpaired) electrons. The summed E-state index contributed by atoms with van der Waals surface area (Å²) in [6.45, 7) is 11.9. The molecular formula is C42H58ClN5O11. The number of halogens is 1. The van der Waals surface area contributed by atoms with Crippen molar-refractivity contribution in [3.8, 4) is 17.4 Å². The molecule has 8 atom stereocenters. The van der Waals surface area contributed by atoms with Crippen molar-refractivity contribution in [3.05, 3.63) is 23.2 Å². The molecule has 16 nitrogen and oxygen atoms in total. The maximum absolute atomic E-state index is 14.7. The average molecular weight is 844 g/mol. The molecule has 7 rings (SSSR count). The maximum atomic E-state index is 14.7. The average Bonchev–Trinajstić information content (AvgIpc) is 4.01. The Bertz CT molecular complexity index is 1880. The molecule has 17 heteroatoms. The molecule has 3 amide bonds. The molecule has 3 saturated carbocycles. The molecule has 5 aliphatic rings. The minimum absolute atomic E-state index is 0.0381. The third kappa shape index (κ3) is 9.76. The van der Waals surface area contributed by atoms with Crippen molar-refractivity contribution in [2.24, 2.45) is 23.2 Å². The van der Waals surface area contributed by atoms with Gasteiger partial charge in [-0.25, -0.2) is 14.6 Å². The smallest absolute Gasteiger partial charge is 0.408 e. The van der Waals surface area contributed by atoms with Gasteiger partial charge in [0.25, 0.3) is 0 Å². The maximum Gasteiger partial charge on any atom is 0.408 e. The van der Waals surface area contributed by atoms with Crippen LogP contribution < -0.4 is 24.8 Å². The Balaban J connectivity index is 1.14. The van der Waals surface area contributed by atoms with Gasteiger partial charge in [0.15, 0.2) is 0 Å². The first-order chi connectivity index (χ1) is 28.2. The van der Waals surface area contributed by atoms with Crippen LogP contribution in [0.3, 0.4) is 0 Å². The van der Waals surface area contributed by atoms with Gasteiger partial charge in [0.1, 0.15) is 65.1 Å². The number of fused-ring (bicyclic) bond motifs is 2. The zero-order chi connectivity index (χ0) is 42.1. The number of amides is 3. The number of hydrogen-bond acceptors (Lipinski definition) is 12. The van der Waals surface area contributed by atoms with Gasteiger partial charge >= 0.3 is 12.1 Å². The van der Waals surface area contributed by atoms with Crippen molar-refractivity contribution in [2.45, 2.75) is 96.1 Å². The molecule has 2 aliphatic heterocycles. The van der Waals surface area contributed by atoms with Crippen molar-refractivity contribution in [1.82, 2.24) is 25.4 Å². The van der Waals surface area contributed by atoms with Crippen molar-refractivity contribution in [3.63, 3.8) is 0 Å². The van der Waals surface area contributed by atoms with Gasteiger partial charge in [-0.15, -0.1) is 0 Å². The number of nitrogens with zero attached hydrogens (tertiary/aromatic N) is 3. The van der Waals surface area contributed by atoms with Crippen molar-refractivity contribution in [2.75, 3.05) is 66.3 Å². The highest BCUT2D eigenvalue weighted by atomic mass is 35.5. The lowest BCUT2D eigenvalue weighted by atomic mass is 9.85. The third-order valence-corrected chi connectivity index (χ3v) is 12.8. The van der Waals surface area contributed by atoms with Crippen LogP contribution in [0.1, 0.15) is 66.2 Å². The van der Waals surface area contributed by atoms with E-state index in [1.807, 2.05) is 27.7 Å². The Morgan fingerprint density at radius 3 is 2.42 bits per heavy atom. The molecule has 324 valence electrons. The second kappa shape index (κ2) is 17.8. The van der Waals surface area contributed by atoms with Crippen LogP contribution in [0.5, 0.6) is 17.4 Å². The zero-order valence-electron chi connectivity index (χ0n) is 34.6. The SMILES string of the molecule is CC[C@@H]1C[C@]1(NC(=O)[C@@H]1C[C@@H](Oc2cc(OCCOC)nc3c(Cl)c(OCCN4CCOCC4)ccc23)CN1C(=O)[C@@H](NC(=O)O[C@@H]1C[C@@H]2C[C@@H]2C1)C(C)(C)C)C(=O)O. The normalized spacial score (nSPS) is 28.1. The summed E-state index contributed by atoms with van der Waals surface area (Å²) in [7, 11) is 1.56. The number of carbonyl (C=O) groups is 4. The molecule has 0 spiro atoms. The quantitative estimate of drug-likeness (QED) is 0.192. The van der Waals surface area contributed by atoms with Crippen molar-refractivity contribution >= 4 is 46.4 Å². The van der Waals surface area contributed by atoms with Gasteiger partial charge < -0.3 is 49.1 Å². The van der Waals surface area contributed by atoms with Crippen molar-refractivity contribution in [1.29, 1.82) is 0 Å². The van der Waals surface area contributed by atoms with Gasteiger partial charge in [-0.3, -0.25) is 14.5 Å². The van der Waals surface area contributed by atoms with Crippen molar-refractivity contribution < 1.29 is 52.7 Å². The lowest BCUT2D eigenvalue weighted by Crippen LogP contribution is -2.59. The van der Waals surface area contributed by atoms with Crippen LogP contribution in [0, 0.1) is 23.2 Å². The highest BCUT2D eigenvalue weighted by Gasteiger charge is 2.61. The number of hydrogen-bond donors (Lipinski definition) is 3. The van der Waals surface area contributed by atoms with Gasteiger partial charge in [-0.1, -0.05) is 45.7 Å². The van der Waals surface area contributed by atoms with E-state index in [4.69, 9.17) is 45.0 Å². The molecule has 3 heterocycles. The molecule has 0 unspecified atom stereocenters. The Kier molecular flexibility index (Phi) is 13.0. The predicted molar refractivity (Wildman–Crippen MR) is 216 cm³/mol. The first kappa shape index (κ1) is 43.0. The molecular weight excluding hydrogens is 786 g/mol. The third-order valence-electron chi connectivity index (χ3n) is 12.4. The van der Waals surface area contributed by atoms with Crippen LogP contribution in [0.25, 0.3) is 10.9 Å². The number of aromatic nitrogens is 1. The van der Waals surface area contributed by atoms with Crippen LogP contribution in [0.4, 0.5) is 4.79 Å². The van der Waals surface area contributed by atoms with E-state index in [0.717, 1.165) is 25.9 Å². The van der Waals surface area contributed by atoms with E-state index in [9.17, 15) is 24.3 Å². The number of rotatable bonds is 17. The van der Waals surface area contributed by atoms with Crippen LogP contribution in [-0.2, 0) is 28.6 Å². The number of carbonyl (C=O) groups excluding carboxylic acids is 3. The Morgan fingerprint density at radius 2 is 1.76 bits per heavy atom. The Hall–Kier alpha value is -4.12. The number of carboxylic acids is 1. The number of morpholine rings is 1. The highest BCUT2D eigenvalue weighted by Crippen LogP contribution is 2.52. The molecule has 1 aromatic heterocycles. The summed E-state index contributed by atoms with van der Waals surface area (Å²) in [4.78, 5) is 62.9. The molecule has 1 aromatic carbocycles. The summed E-state index contributed by atoms with van der Waals surface area (Å²) in [5.74, 6) is -0.255. The topological polar surface area (TPSA) is 187 Å². The van der Waals surface area contributed by atoms with Gasteiger partial charge in [-0.2, -0.15) is 0 Å². The number of pyridine rings is 1. The molecule has 2 saturated heterocycles. The van der Waals surface area contributed by atoms with Crippen LogP contribution in [0.15, 0.2) is 18.2 Å². The summed E-state index contributed by atoms with van der Waals surface area (Å²) in [6.07, 6.45) is 2.09. The summed E-state index contributed by atoms with van der Waals surface area (Å²) in [5, 5.41) is 16.6. The van der Waals surface area contributed by atoms with E-state index in [1.165, 1.54) is 11.3 Å². The summed E-state index contributed by atoms with van der Waals surface area (Å²) < 4.78 is 35.1. The summed E-state index contributed by atoms with van der Waals surface area (Å²) in [5.41, 5.74) is -1.82. The second-order valence-corrected chi connectivity index (χ2v) is 18.0. The largest absolute Gasteiger partial charge is 0.491 e. The highest BCUT2D eigenvalue weighted by molar-refractivity contribution is 6.36. The van der Waals surface area contributed by atoms with E-state index in [0.29, 0.717) is 80.1 Å². The van der Waals surface area contributed by atoms with Crippen LogP contribution in [0.2, 0.25) is 5.02 Å². The molecule has 2 aromatic rings. The molecule has 3 aliphatic carbocycles. The first-order valence-corrected chi connectivity index (χ1v) is 21.3. The first-order valence-electron chi connectivity index (χ1n) is 20.9.